The standard InChI is InChI=1S/C7H8N2O2/c10-7(11)5-3-6-8-1-2-9(6)4-5/h1-2,5H,3-4H2,(H,10,11)/t5-/m0/s1. The first-order valence-corrected chi connectivity index (χ1v) is 3.50. The minimum Gasteiger partial charge on any atom is -0.481 e. The van der Waals surface area contributed by atoms with Crippen molar-refractivity contribution in [2.45, 2.75) is 13.0 Å². The summed E-state index contributed by atoms with van der Waals surface area (Å²) in [4.78, 5) is 14.6. The van der Waals surface area contributed by atoms with Crippen LogP contribution in [0, 0.1) is 5.92 Å². The van der Waals surface area contributed by atoms with Crippen LogP contribution in [0.2, 0.25) is 0 Å². The zero-order valence-electron chi connectivity index (χ0n) is 5.90. The van der Waals surface area contributed by atoms with Gasteiger partial charge in [0.1, 0.15) is 5.82 Å². The monoisotopic (exact) mass is 152 g/mol. The van der Waals surface area contributed by atoms with Crippen LogP contribution in [0.15, 0.2) is 12.4 Å². The second kappa shape index (κ2) is 2.08. The molecule has 1 N–H and O–H groups in total. The van der Waals surface area contributed by atoms with Gasteiger partial charge in [-0.2, -0.15) is 0 Å². The van der Waals surface area contributed by atoms with Crippen LogP contribution in [0.3, 0.4) is 0 Å². The molecule has 0 amide bonds. The summed E-state index contributed by atoms with van der Waals surface area (Å²) in [7, 11) is 0. The van der Waals surface area contributed by atoms with Gasteiger partial charge in [0.25, 0.3) is 0 Å². The van der Waals surface area contributed by atoms with Gasteiger partial charge in [0.15, 0.2) is 0 Å². The number of carboxylic acid groups (broad SMARTS) is 1. The third-order valence-electron chi connectivity index (χ3n) is 2.00. The van der Waals surface area contributed by atoms with Crippen molar-refractivity contribution >= 4 is 5.97 Å². The Morgan fingerprint density at radius 3 is 3.27 bits per heavy atom. The smallest absolute Gasteiger partial charge is 0.308 e. The highest BCUT2D eigenvalue weighted by Crippen LogP contribution is 2.18. The summed E-state index contributed by atoms with van der Waals surface area (Å²) >= 11 is 0. The average molecular weight is 152 g/mol. The van der Waals surface area contributed by atoms with Crippen LogP contribution in [-0.4, -0.2) is 20.6 Å². The lowest BCUT2D eigenvalue weighted by Gasteiger charge is -1.98. The minimum absolute atomic E-state index is 0.265. The van der Waals surface area contributed by atoms with Crippen LogP contribution in [-0.2, 0) is 17.8 Å². The first-order valence-electron chi connectivity index (χ1n) is 3.50. The highest BCUT2D eigenvalue weighted by Gasteiger charge is 2.27. The van der Waals surface area contributed by atoms with E-state index in [2.05, 4.69) is 4.98 Å². The molecule has 0 bridgehead atoms. The molecular weight excluding hydrogens is 144 g/mol. The Bertz CT molecular complexity index is 272. The number of nitrogens with zero attached hydrogens (tertiary/aromatic N) is 2. The fourth-order valence-electron chi connectivity index (χ4n) is 1.38. The maximum absolute atomic E-state index is 10.5. The van der Waals surface area contributed by atoms with E-state index >= 15 is 0 Å². The van der Waals surface area contributed by atoms with Crippen LogP contribution in [0.5, 0.6) is 0 Å². The first-order chi connectivity index (χ1) is 5.27. The van der Waals surface area contributed by atoms with Crippen LogP contribution < -0.4 is 0 Å². The van der Waals surface area contributed by atoms with Crippen molar-refractivity contribution in [3.8, 4) is 0 Å². The molecule has 1 atom stereocenters. The number of aliphatic carboxylic acids is 1. The van der Waals surface area contributed by atoms with Gasteiger partial charge in [0.05, 0.1) is 5.92 Å². The predicted octanol–water partition coefficient (Wildman–Crippen LogP) is 0.140. The number of carbonyl (C=O) groups is 1. The molecule has 1 aliphatic heterocycles. The maximum atomic E-state index is 10.5. The lowest BCUT2D eigenvalue weighted by Crippen LogP contribution is -2.14. The maximum Gasteiger partial charge on any atom is 0.308 e. The molecule has 2 rings (SSSR count). The highest BCUT2D eigenvalue weighted by atomic mass is 16.4. The summed E-state index contributed by atoms with van der Waals surface area (Å²) in [5.41, 5.74) is 0. The van der Waals surface area contributed by atoms with E-state index in [9.17, 15) is 4.79 Å². The summed E-state index contributed by atoms with van der Waals surface area (Å²) in [6, 6.07) is 0. The van der Waals surface area contributed by atoms with Gasteiger partial charge in [-0.05, 0) is 0 Å². The fraction of sp³-hybridized carbons (Fsp3) is 0.429. The molecule has 11 heavy (non-hydrogen) atoms. The normalized spacial score (nSPS) is 21.6. The number of fused-ring (bicyclic) bond motifs is 1. The molecule has 0 saturated heterocycles. The third kappa shape index (κ3) is 0.906. The molecule has 0 aliphatic carbocycles. The van der Waals surface area contributed by atoms with Crippen molar-refractivity contribution in [3.05, 3.63) is 18.2 Å². The minimum atomic E-state index is -0.726. The number of carboxylic acids is 1. The van der Waals surface area contributed by atoms with Gasteiger partial charge in [-0.1, -0.05) is 0 Å². The number of hydrogen-bond donors (Lipinski definition) is 1. The van der Waals surface area contributed by atoms with Crippen molar-refractivity contribution in [1.82, 2.24) is 9.55 Å². The van der Waals surface area contributed by atoms with Gasteiger partial charge in [-0.3, -0.25) is 4.79 Å². The van der Waals surface area contributed by atoms with E-state index in [1.807, 2.05) is 10.8 Å². The lowest BCUT2D eigenvalue weighted by molar-refractivity contribution is -0.141. The van der Waals surface area contributed by atoms with Gasteiger partial charge >= 0.3 is 5.97 Å². The Morgan fingerprint density at radius 2 is 2.64 bits per heavy atom. The van der Waals surface area contributed by atoms with Crippen LogP contribution in [0.25, 0.3) is 0 Å². The Kier molecular flexibility index (Phi) is 1.21. The van der Waals surface area contributed by atoms with E-state index in [1.54, 1.807) is 6.20 Å². The van der Waals surface area contributed by atoms with Crippen molar-refractivity contribution < 1.29 is 9.90 Å². The molecular formula is C7H8N2O2. The molecule has 1 aliphatic rings. The third-order valence-corrected chi connectivity index (χ3v) is 2.00. The summed E-state index contributed by atoms with van der Waals surface area (Å²) in [5, 5.41) is 8.66. The molecule has 0 unspecified atom stereocenters. The summed E-state index contributed by atoms with van der Waals surface area (Å²) in [5.74, 6) is -0.105. The van der Waals surface area contributed by atoms with E-state index in [-0.39, 0.29) is 5.92 Å². The Morgan fingerprint density at radius 1 is 1.82 bits per heavy atom. The zero-order chi connectivity index (χ0) is 7.84. The quantitative estimate of drug-likeness (QED) is 0.622. The molecule has 0 saturated carbocycles. The molecule has 0 aromatic carbocycles. The largest absolute Gasteiger partial charge is 0.481 e. The molecule has 4 heteroatoms. The van der Waals surface area contributed by atoms with Crippen LogP contribution in [0.4, 0.5) is 0 Å². The Balaban J connectivity index is 2.22. The van der Waals surface area contributed by atoms with Crippen LogP contribution in [0.1, 0.15) is 5.82 Å². The molecule has 58 valence electrons. The van der Waals surface area contributed by atoms with Gasteiger partial charge in [-0.25, -0.2) is 4.98 Å². The molecule has 0 spiro atoms. The molecule has 1 aromatic rings. The van der Waals surface area contributed by atoms with E-state index in [0.29, 0.717) is 13.0 Å². The van der Waals surface area contributed by atoms with E-state index in [4.69, 9.17) is 5.11 Å². The first kappa shape index (κ1) is 6.39. The predicted molar refractivity (Wildman–Crippen MR) is 37.1 cm³/mol. The van der Waals surface area contributed by atoms with E-state index < -0.39 is 5.97 Å². The number of rotatable bonds is 1. The fourth-order valence-corrected chi connectivity index (χ4v) is 1.38. The topological polar surface area (TPSA) is 55.1 Å². The van der Waals surface area contributed by atoms with Crippen molar-refractivity contribution in [2.75, 3.05) is 0 Å². The number of hydrogen-bond acceptors (Lipinski definition) is 2. The Labute approximate surface area is 63.5 Å². The number of aromatic nitrogens is 2. The second-order valence-electron chi connectivity index (χ2n) is 2.74. The molecule has 1 aromatic heterocycles. The van der Waals surface area contributed by atoms with Gasteiger partial charge < -0.3 is 9.67 Å². The number of imidazole rings is 1. The Hall–Kier alpha value is -1.32. The average Bonchev–Trinajstić information content (AvgIpc) is 2.40. The second-order valence-corrected chi connectivity index (χ2v) is 2.74. The SMILES string of the molecule is O=C(O)[C@H]1Cc2nccn2C1. The van der Waals surface area contributed by atoms with Crippen molar-refractivity contribution in [3.63, 3.8) is 0 Å². The molecule has 0 radical (unpaired) electrons. The van der Waals surface area contributed by atoms with Crippen LogP contribution >= 0.6 is 0 Å². The van der Waals surface area contributed by atoms with Crippen molar-refractivity contribution in [2.24, 2.45) is 5.92 Å². The molecule has 2 heterocycles. The van der Waals surface area contributed by atoms with E-state index in [0.717, 1.165) is 5.82 Å². The molecule has 4 nitrogen and oxygen atoms in total. The molecule has 0 fully saturated rings. The van der Waals surface area contributed by atoms with E-state index in [1.165, 1.54) is 0 Å². The van der Waals surface area contributed by atoms with Gasteiger partial charge in [-0.15, -0.1) is 0 Å². The summed E-state index contributed by atoms with van der Waals surface area (Å²) in [6.07, 6.45) is 4.09. The highest BCUT2D eigenvalue weighted by molar-refractivity contribution is 5.70. The van der Waals surface area contributed by atoms with Gasteiger partial charge in [0, 0.05) is 25.4 Å². The van der Waals surface area contributed by atoms with Crippen molar-refractivity contribution in [1.29, 1.82) is 0 Å². The van der Waals surface area contributed by atoms with Gasteiger partial charge in [0.2, 0.25) is 0 Å². The lowest BCUT2D eigenvalue weighted by atomic mass is 10.1. The summed E-state index contributed by atoms with van der Waals surface area (Å²) < 4.78 is 1.89. The summed E-state index contributed by atoms with van der Waals surface area (Å²) in [6.45, 7) is 0.574. The zero-order valence-corrected chi connectivity index (χ0v) is 5.90.